The van der Waals surface area contributed by atoms with Crippen molar-refractivity contribution in [3.8, 4) is 11.4 Å². The van der Waals surface area contributed by atoms with Gasteiger partial charge in [0, 0.05) is 17.7 Å². The van der Waals surface area contributed by atoms with E-state index in [-0.39, 0.29) is 12.0 Å². The van der Waals surface area contributed by atoms with Gasteiger partial charge in [-0.05, 0) is 37.3 Å². The van der Waals surface area contributed by atoms with Crippen LogP contribution in [0.1, 0.15) is 36.0 Å². The highest BCUT2D eigenvalue weighted by Gasteiger charge is 2.20. The maximum absolute atomic E-state index is 12.1. The fraction of sp³-hybridized carbons (Fsp3) is 0.438. The van der Waals surface area contributed by atoms with Crippen molar-refractivity contribution in [2.75, 3.05) is 6.54 Å². The van der Waals surface area contributed by atoms with E-state index in [2.05, 4.69) is 15.5 Å². The Morgan fingerprint density at radius 1 is 1.32 bits per heavy atom. The third-order valence-corrected chi connectivity index (χ3v) is 4.07. The summed E-state index contributed by atoms with van der Waals surface area (Å²) in [6.07, 6.45) is 4.80. The minimum atomic E-state index is -0.218. The summed E-state index contributed by atoms with van der Waals surface area (Å²) in [5, 5.41) is 16.3. The summed E-state index contributed by atoms with van der Waals surface area (Å²) in [6, 6.07) is 7.09. The topological polar surface area (TPSA) is 88.2 Å². The number of amides is 1. The van der Waals surface area contributed by atoms with Crippen LogP contribution in [0.2, 0.25) is 0 Å². The van der Waals surface area contributed by atoms with Gasteiger partial charge in [0.05, 0.1) is 6.10 Å². The van der Waals surface area contributed by atoms with Crippen LogP contribution >= 0.6 is 0 Å². The molecular weight excluding hydrogens is 282 g/mol. The molecule has 6 heteroatoms. The average molecular weight is 301 g/mol. The molecule has 1 aliphatic carbocycles. The van der Waals surface area contributed by atoms with Crippen LogP contribution in [-0.4, -0.2) is 33.8 Å². The molecule has 2 unspecified atom stereocenters. The van der Waals surface area contributed by atoms with Gasteiger partial charge in [-0.15, -0.1) is 0 Å². The van der Waals surface area contributed by atoms with Gasteiger partial charge in [-0.3, -0.25) is 4.79 Å². The van der Waals surface area contributed by atoms with Crippen molar-refractivity contribution >= 4 is 5.91 Å². The molecule has 0 radical (unpaired) electrons. The smallest absolute Gasteiger partial charge is 0.251 e. The lowest BCUT2D eigenvalue weighted by molar-refractivity contribution is 0.0874. The molecule has 1 fully saturated rings. The van der Waals surface area contributed by atoms with Crippen LogP contribution in [0.3, 0.4) is 0 Å². The Morgan fingerprint density at radius 3 is 2.82 bits per heavy atom. The summed E-state index contributed by atoms with van der Waals surface area (Å²) in [7, 11) is 0. The number of hydrogen-bond donors (Lipinski definition) is 2. The van der Waals surface area contributed by atoms with Gasteiger partial charge >= 0.3 is 0 Å². The molecule has 1 aromatic carbocycles. The highest BCUT2D eigenvalue weighted by Crippen LogP contribution is 2.23. The number of aliphatic hydroxyl groups excluding tert-OH is 1. The van der Waals surface area contributed by atoms with Crippen LogP contribution in [0.25, 0.3) is 11.4 Å². The van der Waals surface area contributed by atoms with E-state index in [4.69, 9.17) is 4.52 Å². The zero-order valence-corrected chi connectivity index (χ0v) is 12.2. The van der Waals surface area contributed by atoms with Crippen LogP contribution in [-0.2, 0) is 0 Å². The highest BCUT2D eigenvalue weighted by atomic mass is 16.5. The molecular formula is C16H19N3O3. The predicted molar refractivity (Wildman–Crippen MR) is 80.0 cm³/mol. The lowest BCUT2D eigenvalue weighted by Gasteiger charge is -2.25. The molecule has 116 valence electrons. The van der Waals surface area contributed by atoms with Crippen LogP contribution < -0.4 is 5.32 Å². The van der Waals surface area contributed by atoms with E-state index in [1.54, 1.807) is 24.3 Å². The molecule has 0 spiro atoms. The molecule has 3 rings (SSSR count). The van der Waals surface area contributed by atoms with Crippen LogP contribution in [0.4, 0.5) is 0 Å². The molecule has 1 heterocycles. The molecule has 2 aromatic rings. The molecule has 0 aliphatic heterocycles. The minimum Gasteiger partial charge on any atom is -0.393 e. The van der Waals surface area contributed by atoms with Gasteiger partial charge in [0.25, 0.3) is 5.91 Å². The van der Waals surface area contributed by atoms with Crippen LogP contribution in [0, 0.1) is 5.92 Å². The zero-order valence-electron chi connectivity index (χ0n) is 12.2. The van der Waals surface area contributed by atoms with Crippen molar-refractivity contribution in [1.82, 2.24) is 15.5 Å². The molecule has 0 saturated heterocycles. The highest BCUT2D eigenvalue weighted by molar-refractivity contribution is 5.94. The Balaban J connectivity index is 1.56. The van der Waals surface area contributed by atoms with E-state index in [9.17, 15) is 9.90 Å². The second-order valence-corrected chi connectivity index (χ2v) is 5.73. The molecule has 2 atom stereocenters. The molecule has 1 aromatic heterocycles. The Labute approximate surface area is 128 Å². The average Bonchev–Trinajstić information content (AvgIpc) is 3.07. The van der Waals surface area contributed by atoms with Crippen molar-refractivity contribution in [3.63, 3.8) is 0 Å². The maximum Gasteiger partial charge on any atom is 0.251 e. The van der Waals surface area contributed by atoms with Crippen molar-refractivity contribution in [2.24, 2.45) is 5.92 Å². The van der Waals surface area contributed by atoms with Crippen molar-refractivity contribution in [2.45, 2.75) is 31.8 Å². The first kappa shape index (κ1) is 14.7. The number of carbonyl (C=O) groups is 1. The lowest BCUT2D eigenvalue weighted by Crippen LogP contribution is -2.32. The largest absolute Gasteiger partial charge is 0.393 e. The van der Waals surface area contributed by atoms with E-state index >= 15 is 0 Å². The molecule has 0 bridgehead atoms. The Morgan fingerprint density at radius 2 is 2.14 bits per heavy atom. The normalized spacial score (nSPS) is 21.5. The van der Waals surface area contributed by atoms with E-state index in [1.807, 2.05) is 0 Å². The van der Waals surface area contributed by atoms with Gasteiger partial charge in [-0.2, -0.15) is 4.98 Å². The third kappa shape index (κ3) is 3.51. The van der Waals surface area contributed by atoms with E-state index in [0.29, 0.717) is 23.9 Å². The van der Waals surface area contributed by atoms with Crippen LogP contribution in [0.5, 0.6) is 0 Å². The van der Waals surface area contributed by atoms with Crippen LogP contribution in [0.15, 0.2) is 35.2 Å². The number of aliphatic hydroxyl groups is 1. The summed E-state index contributed by atoms with van der Waals surface area (Å²) in [6.45, 7) is 0.614. The molecule has 1 saturated carbocycles. The quantitative estimate of drug-likeness (QED) is 0.902. The molecule has 1 aliphatic rings. The standard InChI is InChI=1S/C16H19N3O3/c20-14-3-1-2-11(8-14)9-17-16(21)13-6-4-12(5-7-13)15-18-10-22-19-15/h4-7,10-11,14,20H,1-3,8-9H2,(H,17,21). The summed E-state index contributed by atoms with van der Waals surface area (Å²) in [5.41, 5.74) is 1.41. The summed E-state index contributed by atoms with van der Waals surface area (Å²) >= 11 is 0. The predicted octanol–water partition coefficient (Wildman–Crippen LogP) is 2.02. The second kappa shape index (κ2) is 6.70. The number of aromatic nitrogens is 2. The van der Waals surface area contributed by atoms with E-state index in [0.717, 1.165) is 31.2 Å². The SMILES string of the molecule is O=C(NCC1CCCC(O)C1)c1ccc(-c2ncon2)cc1. The lowest BCUT2D eigenvalue weighted by atomic mass is 9.87. The van der Waals surface area contributed by atoms with Crippen molar-refractivity contribution in [1.29, 1.82) is 0 Å². The first-order chi connectivity index (χ1) is 10.7. The third-order valence-electron chi connectivity index (χ3n) is 4.07. The second-order valence-electron chi connectivity index (χ2n) is 5.73. The first-order valence-corrected chi connectivity index (χ1v) is 7.55. The minimum absolute atomic E-state index is 0.0975. The van der Waals surface area contributed by atoms with E-state index < -0.39 is 0 Å². The number of carbonyl (C=O) groups excluding carboxylic acids is 1. The zero-order chi connectivity index (χ0) is 15.4. The first-order valence-electron chi connectivity index (χ1n) is 7.55. The Bertz CT molecular complexity index is 610. The Hall–Kier alpha value is -2.21. The maximum atomic E-state index is 12.1. The van der Waals surface area contributed by atoms with Crippen molar-refractivity contribution in [3.05, 3.63) is 36.2 Å². The van der Waals surface area contributed by atoms with Gasteiger partial charge in [0.1, 0.15) is 0 Å². The molecule has 1 amide bonds. The van der Waals surface area contributed by atoms with Gasteiger partial charge < -0.3 is 14.9 Å². The number of nitrogens with zero attached hydrogens (tertiary/aromatic N) is 2. The number of hydrogen-bond acceptors (Lipinski definition) is 5. The molecule has 2 N–H and O–H groups in total. The fourth-order valence-corrected chi connectivity index (χ4v) is 2.86. The van der Waals surface area contributed by atoms with Crippen molar-refractivity contribution < 1.29 is 14.4 Å². The summed E-state index contributed by atoms with van der Waals surface area (Å²) in [4.78, 5) is 16.1. The fourth-order valence-electron chi connectivity index (χ4n) is 2.86. The van der Waals surface area contributed by atoms with E-state index in [1.165, 1.54) is 6.39 Å². The molecule has 6 nitrogen and oxygen atoms in total. The monoisotopic (exact) mass is 301 g/mol. The van der Waals surface area contributed by atoms with Gasteiger partial charge in [0.2, 0.25) is 12.2 Å². The van der Waals surface area contributed by atoms with Gasteiger partial charge in [-0.1, -0.05) is 23.7 Å². The van der Waals surface area contributed by atoms with Gasteiger partial charge in [0.15, 0.2) is 0 Å². The van der Waals surface area contributed by atoms with Gasteiger partial charge in [-0.25, -0.2) is 0 Å². The summed E-state index contributed by atoms with van der Waals surface area (Å²) < 4.78 is 4.70. The molecule has 22 heavy (non-hydrogen) atoms. The number of nitrogens with one attached hydrogen (secondary N) is 1. The number of rotatable bonds is 4. The number of benzene rings is 1. The summed E-state index contributed by atoms with van der Waals surface area (Å²) in [5.74, 6) is 0.772. The Kier molecular flexibility index (Phi) is 4.48.